The van der Waals surface area contributed by atoms with Crippen LogP contribution >= 0.6 is 0 Å². The number of hydrogen-bond donors (Lipinski definition) is 2. The van der Waals surface area contributed by atoms with E-state index in [0.29, 0.717) is 5.82 Å². The highest BCUT2D eigenvalue weighted by Crippen LogP contribution is 2.24. The topological polar surface area (TPSA) is 63.8 Å². The van der Waals surface area contributed by atoms with Gasteiger partial charge in [-0.15, -0.1) is 0 Å². The van der Waals surface area contributed by atoms with Gasteiger partial charge in [0.15, 0.2) is 0 Å². The van der Waals surface area contributed by atoms with Crippen molar-refractivity contribution in [2.75, 3.05) is 0 Å². The molecule has 1 aromatic rings. The second-order valence-corrected chi connectivity index (χ2v) is 3.85. The Balaban J connectivity index is 2.51. The van der Waals surface area contributed by atoms with Gasteiger partial charge in [0.1, 0.15) is 5.82 Å². The number of aryl methyl sites for hydroxylation is 1. The molecule has 0 fully saturated rings. The molecule has 7 heteroatoms. The van der Waals surface area contributed by atoms with Crippen molar-refractivity contribution < 1.29 is 13.2 Å². The highest BCUT2D eigenvalue weighted by Gasteiger charge is 2.27. The van der Waals surface area contributed by atoms with E-state index in [2.05, 4.69) is 15.4 Å². The van der Waals surface area contributed by atoms with Crippen molar-refractivity contribution in [2.24, 2.45) is 5.84 Å². The van der Waals surface area contributed by atoms with E-state index in [1.165, 1.54) is 0 Å². The fourth-order valence-electron chi connectivity index (χ4n) is 1.38. The number of rotatable bonds is 5. The lowest BCUT2D eigenvalue weighted by atomic mass is 10.1. The maximum absolute atomic E-state index is 12.0. The maximum atomic E-state index is 12.0. The lowest BCUT2D eigenvalue weighted by Crippen LogP contribution is -2.29. The number of alkyl halides is 3. The third-order valence-corrected chi connectivity index (χ3v) is 2.27. The molecule has 0 radical (unpaired) electrons. The number of nitrogens with one attached hydrogen (secondary N) is 1. The molecule has 4 nitrogen and oxygen atoms in total. The Hall–Kier alpha value is -1.21. The van der Waals surface area contributed by atoms with E-state index < -0.39 is 18.6 Å². The zero-order chi connectivity index (χ0) is 12.9. The highest BCUT2D eigenvalue weighted by atomic mass is 19.4. The molecule has 0 saturated carbocycles. The molecule has 1 heterocycles. The minimum absolute atomic E-state index is 0.00436. The van der Waals surface area contributed by atoms with E-state index in [9.17, 15) is 13.2 Å². The van der Waals surface area contributed by atoms with Crippen molar-refractivity contribution in [1.82, 2.24) is 15.4 Å². The normalized spacial score (nSPS) is 13.7. The first kappa shape index (κ1) is 13.9. The summed E-state index contributed by atoms with van der Waals surface area (Å²) in [5, 5.41) is 0. The molecule has 0 saturated heterocycles. The molecule has 0 spiro atoms. The van der Waals surface area contributed by atoms with Gasteiger partial charge in [-0.2, -0.15) is 13.2 Å². The average Bonchev–Trinajstić information content (AvgIpc) is 2.24. The van der Waals surface area contributed by atoms with Gasteiger partial charge in [0.25, 0.3) is 0 Å². The predicted octanol–water partition coefficient (Wildman–Crippen LogP) is 2.02. The molecule has 1 aromatic heterocycles. The number of nitrogens with zero attached hydrogens (tertiary/aromatic N) is 2. The lowest BCUT2D eigenvalue weighted by molar-refractivity contribution is -0.135. The van der Waals surface area contributed by atoms with Crippen LogP contribution in [0.2, 0.25) is 0 Å². The third kappa shape index (κ3) is 5.10. The van der Waals surface area contributed by atoms with Crippen molar-refractivity contribution in [2.45, 2.75) is 38.4 Å². The summed E-state index contributed by atoms with van der Waals surface area (Å²) >= 11 is 0. The maximum Gasteiger partial charge on any atom is 0.389 e. The molecule has 0 aliphatic carbocycles. The third-order valence-electron chi connectivity index (χ3n) is 2.27. The second-order valence-electron chi connectivity index (χ2n) is 3.85. The summed E-state index contributed by atoms with van der Waals surface area (Å²) in [5.74, 6) is 5.70. The van der Waals surface area contributed by atoms with Gasteiger partial charge in [0, 0.05) is 18.8 Å². The van der Waals surface area contributed by atoms with Gasteiger partial charge in [-0.3, -0.25) is 5.84 Å². The number of hydrazine groups is 1. The van der Waals surface area contributed by atoms with E-state index in [1.54, 1.807) is 12.4 Å². The van der Waals surface area contributed by atoms with Crippen LogP contribution in [0, 0.1) is 6.92 Å². The van der Waals surface area contributed by atoms with E-state index >= 15 is 0 Å². The predicted molar refractivity (Wildman–Crippen MR) is 56.7 cm³/mol. The van der Waals surface area contributed by atoms with E-state index in [4.69, 9.17) is 5.84 Å². The second kappa shape index (κ2) is 5.92. The number of aromatic nitrogens is 2. The molecule has 1 unspecified atom stereocenters. The van der Waals surface area contributed by atoms with Gasteiger partial charge in [-0.05, 0) is 25.3 Å². The van der Waals surface area contributed by atoms with Crippen LogP contribution < -0.4 is 11.3 Å². The van der Waals surface area contributed by atoms with Crippen molar-refractivity contribution in [3.05, 3.63) is 23.8 Å². The summed E-state index contributed by atoms with van der Waals surface area (Å²) in [6.07, 6.45) is -1.49. The molecule has 3 N–H and O–H groups in total. The van der Waals surface area contributed by atoms with Gasteiger partial charge in [-0.25, -0.2) is 15.4 Å². The first-order valence-electron chi connectivity index (χ1n) is 5.24. The first-order valence-corrected chi connectivity index (χ1v) is 5.24. The molecule has 1 atom stereocenters. The molecule has 0 aliphatic rings. The number of halogens is 3. The summed E-state index contributed by atoms with van der Waals surface area (Å²) in [6.45, 7) is 1.83. The zero-order valence-electron chi connectivity index (χ0n) is 9.46. The Morgan fingerprint density at radius 1 is 1.35 bits per heavy atom. The molecule has 17 heavy (non-hydrogen) atoms. The SMILES string of the molecule is Cc1cnc(C(CCCC(F)(F)F)NN)nc1. The molecule has 96 valence electrons. The fourth-order valence-corrected chi connectivity index (χ4v) is 1.38. The van der Waals surface area contributed by atoms with E-state index in [0.717, 1.165) is 5.56 Å². The molecule has 0 aliphatic heterocycles. The van der Waals surface area contributed by atoms with Crippen molar-refractivity contribution >= 4 is 0 Å². The minimum atomic E-state index is -4.13. The van der Waals surface area contributed by atoms with Crippen LogP contribution in [0.1, 0.15) is 36.7 Å². The summed E-state index contributed by atoms with van der Waals surface area (Å²) in [7, 11) is 0. The molecule has 0 amide bonds. The molecular weight excluding hydrogens is 233 g/mol. The van der Waals surface area contributed by atoms with Crippen molar-refractivity contribution in [3.8, 4) is 0 Å². The Bertz CT molecular complexity index is 336. The summed E-state index contributed by atoms with van der Waals surface area (Å²) in [5.41, 5.74) is 3.32. The van der Waals surface area contributed by atoms with Crippen molar-refractivity contribution in [1.29, 1.82) is 0 Å². The van der Waals surface area contributed by atoms with E-state index in [-0.39, 0.29) is 12.8 Å². The van der Waals surface area contributed by atoms with Crippen LogP contribution in [0.3, 0.4) is 0 Å². The van der Waals surface area contributed by atoms with Crippen LogP contribution in [0.5, 0.6) is 0 Å². The van der Waals surface area contributed by atoms with Gasteiger partial charge < -0.3 is 0 Å². The summed E-state index contributed by atoms with van der Waals surface area (Å²) in [4.78, 5) is 8.06. The van der Waals surface area contributed by atoms with Gasteiger partial charge in [0.05, 0.1) is 6.04 Å². The standard InChI is InChI=1S/C10H15F3N4/c1-7-5-15-9(16-6-7)8(17-14)3-2-4-10(11,12)13/h5-6,8,17H,2-4,14H2,1H3. The fraction of sp³-hybridized carbons (Fsp3) is 0.600. The quantitative estimate of drug-likeness (QED) is 0.618. The Kier molecular flexibility index (Phi) is 4.83. The Morgan fingerprint density at radius 2 is 1.94 bits per heavy atom. The first-order chi connectivity index (χ1) is 7.92. The summed E-state index contributed by atoms with van der Waals surface area (Å²) < 4.78 is 35.9. The number of nitrogens with two attached hydrogens (primary N) is 1. The largest absolute Gasteiger partial charge is 0.389 e. The van der Waals surface area contributed by atoms with Crippen LogP contribution in [-0.4, -0.2) is 16.1 Å². The van der Waals surface area contributed by atoms with Gasteiger partial charge >= 0.3 is 6.18 Å². The Morgan fingerprint density at radius 3 is 2.41 bits per heavy atom. The van der Waals surface area contributed by atoms with Crippen molar-refractivity contribution in [3.63, 3.8) is 0 Å². The minimum Gasteiger partial charge on any atom is -0.271 e. The highest BCUT2D eigenvalue weighted by molar-refractivity contribution is 5.04. The van der Waals surface area contributed by atoms with E-state index in [1.807, 2.05) is 6.92 Å². The Labute approximate surface area is 97.4 Å². The monoisotopic (exact) mass is 248 g/mol. The average molecular weight is 248 g/mol. The number of hydrogen-bond acceptors (Lipinski definition) is 4. The van der Waals surface area contributed by atoms with Crippen LogP contribution in [0.15, 0.2) is 12.4 Å². The molecule has 0 aromatic carbocycles. The van der Waals surface area contributed by atoms with Crippen LogP contribution in [-0.2, 0) is 0 Å². The molecule has 1 rings (SSSR count). The molecule has 0 bridgehead atoms. The van der Waals surface area contributed by atoms with Crippen LogP contribution in [0.25, 0.3) is 0 Å². The zero-order valence-corrected chi connectivity index (χ0v) is 9.46. The smallest absolute Gasteiger partial charge is 0.271 e. The van der Waals surface area contributed by atoms with Gasteiger partial charge in [-0.1, -0.05) is 0 Å². The lowest BCUT2D eigenvalue weighted by Gasteiger charge is -2.14. The summed E-state index contributed by atoms with van der Waals surface area (Å²) in [6, 6.07) is -0.446. The molecular formula is C10H15F3N4. The van der Waals surface area contributed by atoms with Gasteiger partial charge in [0.2, 0.25) is 0 Å². The van der Waals surface area contributed by atoms with Crippen LogP contribution in [0.4, 0.5) is 13.2 Å².